The van der Waals surface area contributed by atoms with Gasteiger partial charge in [0, 0.05) is 22.7 Å². The molecule has 2 N–H and O–H groups in total. The number of anilines is 1. The van der Waals surface area contributed by atoms with Gasteiger partial charge in [-0.15, -0.1) is 16.5 Å². The molecule has 3 aromatic carbocycles. The fourth-order valence-corrected chi connectivity index (χ4v) is 4.70. The van der Waals surface area contributed by atoms with Gasteiger partial charge in [0.05, 0.1) is 10.6 Å². The maximum Gasteiger partial charge on any atom is 0.263 e. The summed E-state index contributed by atoms with van der Waals surface area (Å²) in [5.41, 5.74) is 0.816. The third-order valence-electron chi connectivity index (χ3n) is 4.59. The van der Waals surface area contributed by atoms with Crippen LogP contribution in [0.1, 0.15) is 15.9 Å². The Bertz CT molecular complexity index is 1430. The van der Waals surface area contributed by atoms with Crippen LogP contribution in [-0.4, -0.2) is 24.3 Å². The van der Waals surface area contributed by atoms with Crippen molar-refractivity contribution < 1.29 is 18.3 Å². The Balaban J connectivity index is 1.63. The average molecular weight is 491 g/mol. The molecule has 4 aromatic rings. The fraction of sp³-hybridized carbons (Fsp3) is 0. The highest BCUT2D eigenvalue weighted by molar-refractivity contribution is 7.93. The summed E-state index contributed by atoms with van der Waals surface area (Å²) in [6, 6.07) is 22.6. The van der Waals surface area contributed by atoms with Crippen LogP contribution in [-0.2, 0) is 10.0 Å². The first kappa shape index (κ1) is 23.0. The lowest BCUT2D eigenvalue weighted by molar-refractivity contribution is 0.103. The summed E-state index contributed by atoms with van der Waals surface area (Å²) >= 11 is 1.16. The zero-order valence-corrected chi connectivity index (χ0v) is 19.2. The number of hydrogen-bond acceptors (Lipinski definition) is 8. The molecule has 1 heterocycles. The van der Waals surface area contributed by atoms with E-state index >= 15 is 0 Å². The second-order valence-electron chi connectivity index (χ2n) is 6.90. The number of carbonyl (C=O) groups excluding carboxylic acids is 1. The van der Waals surface area contributed by atoms with Crippen LogP contribution in [0.2, 0.25) is 0 Å². The van der Waals surface area contributed by atoms with Crippen molar-refractivity contribution in [1.82, 2.24) is 4.98 Å². The summed E-state index contributed by atoms with van der Waals surface area (Å²) < 4.78 is 27.4. The third kappa shape index (κ3) is 5.42. The molecule has 0 aliphatic heterocycles. The van der Waals surface area contributed by atoms with Gasteiger partial charge in [0.1, 0.15) is 0 Å². The average Bonchev–Trinajstić information content (AvgIpc) is 3.37. The van der Waals surface area contributed by atoms with E-state index in [-0.39, 0.29) is 21.5 Å². The number of aromatic nitrogens is 1. The molecule has 0 saturated carbocycles. The van der Waals surface area contributed by atoms with Crippen LogP contribution >= 0.6 is 11.3 Å². The van der Waals surface area contributed by atoms with E-state index in [1.54, 1.807) is 66.0 Å². The number of azo groups is 1. The second kappa shape index (κ2) is 10.2. The van der Waals surface area contributed by atoms with Gasteiger partial charge in [-0.25, -0.2) is 13.4 Å². The van der Waals surface area contributed by atoms with E-state index in [1.807, 2.05) is 0 Å². The Hall–Kier alpha value is -4.15. The number of allylic oxidation sites excluding steroid dienone is 1. The Morgan fingerprint density at radius 1 is 0.882 bits per heavy atom. The minimum absolute atomic E-state index is 0.0184. The summed E-state index contributed by atoms with van der Waals surface area (Å²) in [5, 5.41) is 20.8. The summed E-state index contributed by atoms with van der Waals surface area (Å²) in [5.74, 6) is -0.817. The van der Waals surface area contributed by atoms with Crippen LogP contribution in [0.3, 0.4) is 0 Å². The molecule has 170 valence electrons. The SMILES string of the molecule is O=C(/C(N=Nc1ccc(S(=O)(=O)Nc2nccs2)cc1)=C(/O)c1ccccc1)c1ccccc1. The third-order valence-corrected chi connectivity index (χ3v) is 6.76. The van der Waals surface area contributed by atoms with Crippen LogP contribution < -0.4 is 4.72 Å². The van der Waals surface area contributed by atoms with Crippen molar-refractivity contribution in [3.63, 3.8) is 0 Å². The van der Waals surface area contributed by atoms with Crippen LogP contribution in [0, 0.1) is 0 Å². The van der Waals surface area contributed by atoms with E-state index in [2.05, 4.69) is 19.9 Å². The van der Waals surface area contributed by atoms with Crippen molar-refractivity contribution in [2.24, 2.45) is 10.2 Å². The smallest absolute Gasteiger partial charge is 0.263 e. The zero-order valence-electron chi connectivity index (χ0n) is 17.6. The molecule has 34 heavy (non-hydrogen) atoms. The predicted molar refractivity (Wildman–Crippen MR) is 131 cm³/mol. The van der Waals surface area contributed by atoms with Crippen LogP contribution in [0.15, 0.2) is 117 Å². The van der Waals surface area contributed by atoms with E-state index in [9.17, 15) is 18.3 Å². The molecule has 0 aliphatic carbocycles. The molecule has 0 atom stereocenters. The molecule has 10 heteroatoms. The molecule has 0 spiro atoms. The number of carbonyl (C=O) groups is 1. The molecule has 0 unspecified atom stereocenters. The fourth-order valence-electron chi connectivity index (χ4n) is 2.91. The Labute approximate surface area is 200 Å². The van der Waals surface area contributed by atoms with E-state index in [0.717, 1.165) is 11.3 Å². The molecule has 4 rings (SSSR count). The Kier molecular flexibility index (Phi) is 6.90. The number of sulfonamides is 1. The largest absolute Gasteiger partial charge is 0.505 e. The number of nitrogens with one attached hydrogen (secondary N) is 1. The number of thiazole rings is 1. The van der Waals surface area contributed by atoms with E-state index < -0.39 is 15.8 Å². The lowest BCUT2D eigenvalue weighted by Crippen LogP contribution is -2.12. The molecule has 0 fully saturated rings. The van der Waals surface area contributed by atoms with Crippen molar-refractivity contribution >= 4 is 43.7 Å². The summed E-state index contributed by atoms with van der Waals surface area (Å²) in [6.07, 6.45) is 1.50. The second-order valence-corrected chi connectivity index (χ2v) is 9.47. The number of rotatable bonds is 8. The summed E-state index contributed by atoms with van der Waals surface area (Å²) in [6.45, 7) is 0. The lowest BCUT2D eigenvalue weighted by Gasteiger charge is -2.06. The first-order chi connectivity index (χ1) is 16.4. The zero-order chi connectivity index (χ0) is 24.0. The van der Waals surface area contributed by atoms with E-state index in [0.29, 0.717) is 16.8 Å². The summed E-state index contributed by atoms with van der Waals surface area (Å²) in [4.78, 5) is 17.0. The lowest BCUT2D eigenvalue weighted by atomic mass is 10.1. The maximum atomic E-state index is 13.1. The number of ketones is 1. The van der Waals surface area contributed by atoms with Gasteiger partial charge in [-0.3, -0.25) is 9.52 Å². The molecular formula is C24H18N4O4S2. The normalized spacial score (nSPS) is 12.4. The van der Waals surface area contributed by atoms with Crippen molar-refractivity contribution in [2.75, 3.05) is 4.72 Å². The number of benzene rings is 3. The number of nitrogens with zero attached hydrogens (tertiary/aromatic N) is 3. The molecule has 0 amide bonds. The highest BCUT2D eigenvalue weighted by atomic mass is 32.2. The number of hydrogen-bond donors (Lipinski definition) is 2. The molecule has 0 bridgehead atoms. The minimum Gasteiger partial charge on any atom is -0.505 e. The van der Waals surface area contributed by atoms with Gasteiger partial charge in [0.2, 0.25) is 5.78 Å². The molecule has 1 aromatic heterocycles. The van der Waals surface area contributed by atoms with Gasteiger partial charge >= 0.3 is 0 Å². The predicted octanol–water partition coefficient (Wildman–Crippen LogP) is 5.84. The molecule has 0 saturated heterocycles. The van der Waals surface area contributed by atoms with Gasteiger partial charge in [0.25, 0.3) is 10.0 Å². The molecule has 0 aliphatic rings. The number of Topliss-reactive ketones (excluding diaryl/α,β-unsaturated/α-hetero) is 1. The first-order valence-electron chi connectivity index (χ1n) is 9.96. The molecule has 0 radical (unpaired) electrons. The van der Waals surface area contributed by atoms with Crippen molar-refractivity contribution in [2.45, 2.75) is 4.90 Å². The summed E-state index contributed by atoms with van der Waals surface area (Å²) in [7, 11) is -3.81. The highest BCUT2D eigenvalue weighted by Crippen LogP contribution is 2.25. The van der Waals surface area contributed by atoms with Crippen molar-refractivity contribution in [1.29, 1.82) is 0 Å². The van der Waals surface area contributed by atoms with E-state index in [4.69, 9.17) is 0 Å². The quantitative estimate of drug-likeness (QED) is 0.139. The van der Waals surface area contributed by atoms with Crippen LogP contribution in [0.25, 0.3) is 5.76 Å². The van der Waals surface area contributed by atoms with Gasteiger partial charge in [-0.05, 0) is 24.3 Å². The monoisotopic (exact) mass is 490 g/mol. The van der Waals surface area contributed by atoms with Crippen LogP contribution in [0.4, 0.5) is 10.8 Å². The molecule has 8 nitrogen and oxygen atoms in total. The van der Waals surface area contributed by atoms with Gasteiger partial charge in [0.15, 0.2) is 16.6 Å². The van der Waals surface area contributed by atoms with Crippen molar-refractivity contribution in [3.05, 3.63) is 113 Å². The Morgan fingerprint density at radius 2 is 1.50 bits per heavy atom. The topological polar surface area (TPSA) is 121 Å². The van der Waals surface area contributed by atoms with Gasteiger partial charge in [-0.2, -0.15) is 5.11 Å². The molecular weight excluding hydrogens is 472 g/mol. The van der Waals surface area contributed by atoms with Gasteiger partial charge < -0.3 is 5.11 Å². The Morgan fingerprint density at radius 3 is 2.09 bits per heavy atom. The van der Waals surface area contributed by atoms with Crippen molar-refractivity contribution in [3.8, 4) is 0 Å². The van der Waals surface area contributed by atoms with Crippen LogP contribution in [0.5, 0.6) is 0 Å². The first-order valence-corrected chi connectivity index (χ1v) is 12.3. The number of aliphatic hydroxyl groups excluding tert-OH is 1. The standard InChI is InChI=1S/C24H18N4O4S2/c29-22(17-7-3-1-4-8-17)21(23(30)18-9-5-2-6-10-18)27-26-19-11-13-20(14-12-19)34(31,32)28-24-25-15-16-33-24/h1-16,29H,(H,25,28)/b22-21-,27-26?. The minimum atomic E-state index is -3.81. The number of aliphatic hydroxyl groups is 1. The maximum absolute atomic E-state index is 13.1. The highest BCUT2D eigenvalue weighted by Gasteiger charge is 2.19. The van der Waals surface area contributed by atoms with E-state index in [1.165, 1.54) is 30.5 Å². The van der Waals surface area contributed by atoms with Gasteiger partial charge in [-0.1, -0.05) is 60.7 Å².